The molecule has 2 N–H and O–H groups in total. The molecule has 0 aliphatic carbocycles. The summed E-state index contributed by atoms with van der Waals surface area (Å²) >= 11 is 0. The summed E-state index contributed by atoms with van der Waals surface area (Å²) in [5.41, 5.74) is 7.36. The van der Waals surface area contributed by atoms with Crippen molar-refractivity contribution in [3.05, 3.63) is 47.4 Å². The van der Waals surface area contributed by atoms with Crippen molar-refractivity contribution in [3.8, 4) is 6.07 Å². The lowest BCUT2D eigenvalue weighted by Crippen LogP contribution is -2.22. The van der Waals surface area contributed by atoms with Crippen molar-refractivity contribution in [1.29, 1.82) is 5.26 Å². The molecule has 4 nitrogen and oxygen atoms in total. The predicted molar refractivity (Wildman–Crippen MR) is 65.1 cm³/mol. The van der Waals surface area contributed by atoms with Gasteiger partial charge in [-0.05, 0) is 5.56 Å². The van der Waals surface area contributed by atoms with E-state index < -0.39 is 0 Å². The number of allylic oxidation sites excluding steroid dienone is 1. The summed E-state index contributed by atoms with van der Waals surface area (Å²) < 4.78 is 5.11. The fraction of sp³-hybridized carbons (Fsp3) is 0.231. The van der Waals surface area contributed by atoms with Crippen LogP contribution in [-0.4, -0.2) is 12.9 Å². The van der Waals surface area contributed by atoms with E-state index in [1.165, 1.54) is 7.11 Å². The molecule has 1 atom stereocenters. The van der Waals surface area contributed by atoms with Gasteiger partial charge in [0.15, 0.2) is 0 Å². The minimum absolute atomic E-state index is 0.0614. The lowest BCUT2D eigenvalue weighted by Gasteiger charge is -2.21. The Morgan fingerprint density at radius 2 is 2.12 bits per heavy atom. The second-order valence-corrected chi connectivity index (χ2v) is 3.81. The van der Waals surface area contributed by atoms with Crippen LogP contribution in [0.25, 0.3) is 0 Å². The van der Waals surface area contributed by atoms with Crippen molar-refractivity contribution >= 4 is 5.84 Å². The molecular weight excluding hydrogens is 214 g/mol. The second kappa shape index (κ2) is 4.71. The van der Waals surface area contributed by atoms with Crippen LogP contribution in [-0.2, 0) is 4.74 Å². The number of methoxy groups -OCH3 is 1. The quantitative estimate of drug-likeness (QED) is 0.838. The molecule has 0 saturated carbocycles. The van der Waals surface area contributed by atoms with Gasteiger partial charge in [-0.2, -0.15) is 5.26 Å². The molecule has 0 bridgehead atoms. The number of nitrogens with two attached hydrogens (primary N) is 1. The number of aliphatic imine (C=N–C) groups is 1. The smallest absolute Gasteiger partial charge is 0.229 e. The van der Waals surface area contributed by atoms with Gasteiger partial charge in [0.1, 0.15) is 11.9 Å². The van der Waals surface area contributed by atoms with Crippen LogP contribution in [0.4, 0.5) is 0 Å². The molecule has 4 heteroatoms. The van der Waals surface area contributed by atoms with Crippen molar-refractivity contribution in [3.63, 3.8) is 0 Å². The van der Waals surface area contributed by atoms with E-state index in [2.05, 4.69) is 11.1 Å². The van der Waals surface area contributed by atoms with E-state index in [0.717, 1.165) is 5.56 Å². The number of hydrogen-bond donors (Lipinski definition) is 1. The largest absolute Gasteiger partial charge is 0.480 e. The maximum absolute atomic E-state index is 9.21. The Morgan fingerprint density at radius 1 is 1.41 bits per heavy atom. The molecule has 1 heterocycles. The van der Waals surface area contributed by atoms with Gasteiger partial charge in [0.05, 0.1) is 12.7 Å². The van der Waals surface area contributed by atoms with Crippen molar-refractivity contribution in [2.75, 3.05) is 7.11 Å². The van der Waals surface area contributed by atoms with Crippen molar-refractivity contribution < 1.29 is 4.74 Å². The molecule has 17 heavy (non-hydrogen) atoms. The van der Waals surface area contributed by atoms with Crippen LogP contribution < -0.4 is 5.73 Å². The SMILES string of the molecule is COC1=C(C#N)[C@H](c2ccccc2)CC(N)=N1. The van der Waals surface area contributed by atoms with Crippen LogP contribution in [0.2, 0.25) is 0 Å². The molecule has 0 aromatic heterocycles. The zero-order valence-corrected chi connectivity index (χ0v) is 9.55. The summed E-state index contributed by atoms with van der Waals surface area (Å²) in [6.45, 7) is 0. The molecule has 0 radical (unpaired) electrons. The summed E-state index contributed by atoms with van der Waals surface area (Å²) in [6.07, 6.45) is 0.555. The van der Waals surface area contributed by atoms with Crippen molar-refractivity contribution in [2.45, 2.75) is 12.3 Å². The molecule has 1 aromatic rings. The number of ether oxygens (including phenoxy) is 1. The van der Waals surface area contributed by atoms with E-state index >= 15 is 0 Å². The first kappa shape index (κ1) is 11.2. The number of nitriles is 1. The first-order chi connectivity index (χ1) is 8.26. The van der Waals surface area contributed by atoms with Gasteiger partial charge < -0.3 is 10.5 Å². The number of nitrogens with zero attached hydrogens (tertiary/aromatic N) is 2. The van der Waals surface area contributed by atoms with Gasteiger partial charge in [0.25, 0.3) is 0 Å². The van der Waals surface area contributed by atoms with Gasteiger partial charge in [-0.15, -0.1) is 0 Å². The van der Waals surface area contributed by atoms with Gasteiger partial charge in [0, 0.05) is 12.3 Å². The molecule has 2 rings (SSSR count). The zero-order valence-electron chi connectivity index (χ0n) is 9.55. The maximum Gasteiger partial charge on any atom is 0.229 e. The average Bonchev–Trinajstić information content (AvgIpc) is 2.38. The van der Waals surface area contributed by atoms with Crippen LogP contribution in [0, 0.1) is 11.3 Å². The van der Waals surface area contributed by atoms with Gasteiger partial charge in [0.2, 0.25) is 5.88 Å². The molecule has 0 amide bonds. The third-order valence-electron chi connectivity index (χ3n) is 2.75. The molecule has 1 aliphatic rings. The highest BCUT2D eigenvalue weighted by Gasteiger charge is 2.26. The standard InChI is InChI=1S/C13H13N3O/c1-17-13-11(8-14)10(7-12(15)16-13)9-5-3-2-4-6-9/h2-6,10H,7H2,1H3,(H2,15,16)/t10-/m0/s1. The molecule has 0 unspecified atom stereocenters. The first-order valence-corrected chi connectivity index (χ1v) is 5.32. The summed E-state index contributed by atoms with van der Waals surface area (Å²) in [7, 11) is 1.50. The normalized spacial score (nSPS) is 19.5. The van der Waals surface area contributed by atoms with Crippen LogP contribution in [0.5, 0.6) is 0 Å². The Hall–Kier alpha value is -2.28. The van der Waals surface area contributed by atoms with E-state index in [9.17, 15) is 5.26 Å². The highest BCUT2D eigenvalue weighted by molar-refractivity contribution is 5.84. The molecule has 0 fully saturated rings. The molecule has 0 saturated heterocycles. The zero-order chi connectivity index (χ0) is 12.3. The fourth-order valence-electron chi connectivity index (χ4n) is 1.95. The summed E-state index contributed by atoms with van der Waals surface area (Å²) in [5, 5.41) is 9.21. The highest BCUT2D eigenvalue weighted by atomic mass is 16.5. The third kappa shape index (κ3) is 2.13. The Balaban J connectivity index is 2.47. The van der Waals surface area contributed by atoms with Crippen LogP contribution in [0.15, 0.2) is 46.8 Å². The van der Waals surface area contributed by atoms with Gasteiger partial charge in [-0.1, -0.05) is 30.3 Å². The number of amidine groups is 1. The average molecular weight is 227 g/mol. The van der Waals surface area contributed by atoms with Crippen molar-refractivity contribution in [1.82, 2.24) is 0 Å². The van der Waals surface area contributed by atoms with E-state index in [1.807, 2.05) is 30.3 Å². The maximum atomic E-state index is 9.21. The molecule has 86 valence electrons. The van der Waals surface area contributed by atoms with E-state index in [1.54, 1.807) is 0 Å². The molecular formula is C13H13N3O. The summed E-state index contributed by atoms with van der Waals surface area (Å²) in [5.74, 6) is 0.758. The fourth-order valence-corrected chi connectivity index (χ4v) is 1.95. The van der Waals surface area contributed by atoms with E-state index in [4.69, 9.17) is 10.5 Å². The molecule has 1 aromatic carbocycles. The highest BCUT2D eigenvalue weighted by Crippen LogP contribution is 2.33. The van der Waals surface area contributed by atoms with Gasteiger partial charge in [-0.25, -0.2) is 4.99 Å². The predicted octanol–water partition coefficient (Wildman–Crippen LogP) is 1.91. The Labute approximate surface area is 100 Å². The Kier molecular flexibility index (Phi) is 3.10. The van der Waals surface area contributed by atoms with Gasteiger partial charge >= 0.3 is 0 Å². The topological polar surface area (TPSA) is 71.4 Å². The lowest BCUT2D eigenvalue weighted by atomic mass is 9.87. The Bertz CT molecular complexity index is 511. The molecule has 0 spiro atoms. The minimum atomic E-state index is -0.0614. The van der Waals surface area contributed by atoms with Crippen LogP contribution >= 0.6 is 0 Å². The minimum Gasteiger partial charge on any atom is -0.480 e. The molecule has 1 aliphatic heterocycles. The van der Waals surface area contributed by atoms with Crippen LogP contribution in [0.1, 0.15) is 17.9 Å². The third-order valence-corrected chi connectivity index (χ3v) is 2.75. The number of rotatable bonds is 2. The summed E-state index contributed by atoms with van der Waals surface area (Å²) in [4.78, 5) is 4.06. The van der Waals surface area contributed by atoms with E-state index in [-0.39, 0.29) is 5.92 Å². The summed E-state index contributed by atoms with van der Waals surface area (Å²) in [6, 6.07) is 12.0. The van der Waals surface area contributed by atoms with Crippen molar-refractivity contribution in [2.24, 2.45) is 10.7 Å². The first-order valence-electron chi connectivity index (χ1n) is 5.32. The van der Waals surface area contributed by atoms with Crippen LogP contribution in [0.3, 0.4) is 0 Å². The Morgan fingerprint density at radius 3 is 2.71 bits per heavy atom. The number of hydrogen-bond acceptors (Lipinski definition) is 4. The monoisotopic (exact) mass is 227 g/mol. The lowest BCUT2D eigenvalue weighted by molar-refractivity contribution is 0.280. The second-order valence-electron chi connectivity index (χ2n) is 3.81. The number of benzene rings is 1. The van der Waals surface area contributed by atoms with Gasteiger partial charge in [-0.3, -0.25) is 0 Å². The van der Waals surface area contributed by atoms with E-state index in [0.29, 0.717) is 23.7 Å².